The van der Waals surface area contributed by atoms with E-state index in [9.17, 15) is 9.59 Å². The summed E-state index contributed by atoms with van der Waals surface area (Å²) in [5.41, 5.74) is 0.978. The molecule has 0 N–H and O–H groups in total. The lowest BCUT2D eigenvalue weighted by Gasteiger charge is -2.03. The lowest BCUT2D eigenvalue weighted by molar-refractivity contribution is 0.0594. The van der Waals surface area contributed by atoms with Crippen molar-refractivity contribution in [3.63, 3.8) is 0 Å². The summed E-state index contributed by atoms with van der Waals surface area (Å²) in [6, 6.07) is 3.06. The first-order valence-corrected chi connectivity index (χ1v) is 4.78. The average molecular weight is 228 g/mol. The summed E-state index contributed by atoms with van der Waals surface area (Å²) in [6.07, 6.45) is 0. The summed E-state index contributed by atoms with van der Waals surface area (Å²) in [5, 5.41) is 0. The number of ether oxygens (including phenoxy) is 1. The quantitative estimate of drug-likeness (QED) is 0.449. The molecule has 0 aliphatic carbocycles. The highest BCUT2D eigenvalue weighted by Gasteiger charge is 2.12. The van der Waals surface area contributed by atoms with Gasteiger partial charge in [-0.05, 0) is 17.7 Å². The maximum absolute atomic E-state index is 11.2. The van der Waals surface area contributed by atoms with Crippen molar-refractivity contribution in [1.82, 2.24) is 4.98 Å². The Labute approximate surface area is 92.2 Å². The van der Waals surface area contributed by atoms with Gasteiger partial charge in [-0.1, -0.05) is 0 Å². The second-order valence-electron chi connectivity index (χ2n) is 2.93. The number of carbonyl (C=O) groups excluding carboxylic acids is 2. The number of pyridine rings is 1. The zero-order chi connectivity index (χ0) is 11.4. The Morgan fingerprint density at radius 3 is 2.47 bits per heavy atom. The maximum Gasteiger partial charge on any atom is 0.356 e. The van der Waals surface area contributed by atoms with Gasteiger partial charge >= 0.3 is 5.97 Å². The molecule has 0 spiro atoms. The SMILES string of the molecule is COC(=O)c1cc(CCl)cc(C(C)=O)n1. The number of ketones is 1. The van der Waals surface area contributed by atoms with E-state index in [0.717, 1.165) is 0 Å². The third-order valence-electron chi connectivity index (χ3n) is 1.79. The molecule has 1 heterocycles. The molecule has 1 rings (SSSR count). The number of alkyl halides is 1. The van der Waals surface area contributed by atoms with E-state index < -0.39 is 5.97 Å². The Morgan fingerprint density at radius 1 is 1.40 bits per heavy atom. The van der Waals surface area contributed by atoms with Gasteiger partial charge in [0, 0.05) is 12.8 Å². The second kappa shape index (κ2) is 4.89. The number of rotatable bonds is 3. The lowest BCUT2D eigenvalue weighted by Crippen LogP contribution is -2.09. The van der Waals surface area contributed by atoms with Crippen LogP contribution in [-0.2, 0) is 10.6 Å². The van der Waals surface area contributed by atoms with Crippen LogP contribution in [0, 0.1) is 0 Å². The second-order valence-corrected chi connectivity index (χ2v) is 3.19. The van der Waals surface area contributed by atoms with E-state index in [1.54, 1.807) is 6.07 Å². The first-order valence-electron chi connectivity index (χ1n) is 4.24. The summed E-state index contributed by atoms with van der Waals surface area (Å²) in [5.74, 6) is -0.580. The number of esters is 1. The van der Waals surface area contributed by atoms with Gasteiger partial charge < -0.3 is 4.74 Å². The van der Waals surface area contributed by atoms with Gasteiger partial charge in [0.1, 0.15) is 11.4 Å². The van der Waals surface area contributed by atoms with Gasteiger partial charge in [0.25, 0.3) is 0 Å². The first kappa shape index (κ1) is 11.7. The molecule has 0 unspecified atom stereocenters. The summed E-state index contributed by atoms with van der Waals surface area (Å²) in [6.45, 7) is 1.38. The van der Waals surface area contributed by atoms with Crippen LogP contribution in [0.4, 0.5) is 0 Å². The van der Waals surface area contributed by atoms with Gasteiger partial charge in [0.15, 0.2) is 5.78 Å². The van der Waals surface area contributed by atoms with E-state index in [-0.39, 0.29) is 23.1 Å². The van der Waals surface area contributed by atoms with Gasteiger partial charge in [-0.3, -0.25) is 4.79 Å². The van der Waals surface area contributed by atoms with Crippen LogP contribution < -0.4 is 0 Å². The molecule has 0 fully saturated rings. The fourth-order valence-corrected chi connectivity index (χ4v) is 1.21. The van der Waals surface area contributed by atoms with Gasteiger partial charge in [-0.15, -0.1) is 11.6 Å². The molecule has 0 saturated carbocycles. The Hall–Kier alpha value is -1.42. The number of Topliss-reactive ketones (excluding diaryl/α,β-unsaturated/α-hetero) is 1. The maximum atomic E-state index is 11.2. The molecule has 1 aromatic heterocycles. The minimum atomic E-state index is -0.579. The van der Waals surface area contributed by atoms with Crippen molar-refractivity contribution in [2.24, 2.45) is 0 Å². The topological polar surface area (TPSA) is 56.3 Å². The van der Waals surface area contributed by atoms with Gasteiger partial charge in [-0.2, -0.15) is 0 Å². The number of hydrogen-bond donors (Lipinski definition) is 0. The van der Waals surface area contributed by atoms with Crippen LogP contribution in [-0.4, -0.2) is 23.8 Å². The minimum Gasteiger partial charge on any atom is -0.464 e. The summed E-state index contributed by atoms with van der Waals surface area (Å²) in [4.78, 5) is 26.2. The number of carbonyl (C=O) groups is 2. The van der Waals surface area contributed by atoms with E-state index >= 15 is 0 Å². The van der Waals surface area contributed by atoms with Gasteiger partial charge in [0.2, 0.25) is 0 Å². The molecule has 5 heteroatoms. The standard InChI is InChI=1S/C10H10ClNO3/c1-6(13)8-3-7(5-11)4-9(12-8)10(14)15-2/h3-4H,5H2,1-2H3. The number of halogens is 1. The predicted octanol–water partition coefficient (Wildman–Crippen LogP) is 1.81. The van der Waals surface area contributed by atoms with Crippen LogP contribution >= 0.6 is 11.6 Å². The fraction of sp³-hybridized carbons (Fsp3) is 0.300. The van der Waals surface area contributed by atoms with Crippen molar-refractivity contribution in [3.8, 4) is 0 Å². The van der Waals surface area contributed by atoms with Crippen LogP contribution in [0.3, 0.4) is 0 Å². The largest absolute Gasteiger partial charge is 0.464 e. The Balaban J connectivity index is 3.23. The molecule has 15 heavy (non-hydrogen) atoms. The summed E-state index contributed by atoms with van der Waals surface area (Å²) in [7, 11) is 1.25. The van der Waals surface area contributed by atoms with Crippen molar-refractivity contribution >= 4 is 23.4 Å². The van der Waals surface area contributed by atoms with E-state index in [0.29, 0.717) is 5.56 Å². The molecular weight excluding hydrogens is 218 g/mol. The van der Waals surface area contributed by atoms with Crippen molar-refractivity contribution < 1.29 is 14.3 Å². The van der Waals surface area contributed by atoms with E-state index in [1.807, 2.05) is 0 Å². The molecule has 0 saturated heterocycles. The number of methoxy groups -OCH3 is 1. The number of nitrogens with zero attached hydrogens (tertiary/aromatic N) is 1. The highest BCUT2D eigenvalue weighted by atomic mass is 35.5. The molecule has 4 nitrogen and oxygen atoms in total. The number of aromatic nitrogens is 1. The van der Waals surface area contributed by atoms with Gasteiger partial charge in [-0.25, -0.2) is 9.78 Å². The van der Waals surface area contributed by atoms with Crippen molar-refractivity contribution in [3.05, 3.63) is 29.1 Å². The molecule has 0 amide bonds. The highest BCUT2D eigenvalue weighted by Crippen LogP contribution is 2.10. The van der Waals surface area contributed by atoms with E-state index in [2.05, 4.69) is 9.72 Å². The molecule has 0 radical (unpaired) electrons. The molecule has 0 aromatic carbocycles. The predicted molar refractivity (Wildman–Crippen MR) is 55.1 cm³/mol. The van der Waals surface area contributed by atoms with Crippen molar-refractivity contribution in [2.75, 3.05) is 7.11 Å². The lowest BCUT2D eigenvalue weighted by atomic mass is 10.2. The molecule has 0 atom stereocenters. The van der Waals surface area contributed by atoms with Crippen LogP contribution in [0.1, 0.15) is 33.5 Å². The Morgan fingerprint density at radius 2 is 2.00 bits per heavy atom. The third kappa shape index (κ3) is 2.76. The summed E-state index contributed by atoms with van der Waals surface area (Å²) >= 11 is 5.63. The van der Waals surface area contributed by atoms with Gasteiger partial charge in [0.05, 0.1) is 7.11 Å². The molecule has 80 valence electrons. The first-order chi connectivity index (χ1) is 7.08. The number of hydrogen-bond acceptors (Lipinski definition) is 4. The smallest absolute Gasteiger partial charge is 0.356 e. The highest BCUT2D eigenvalue weighted by molar-refractivity contribution is 6.17. The molecule has 0 aliphatic heterocycles. The molecule has 0 bridgehead atoms. The van der Waals surface area contributed by atoms with Crippen molar-refractivity contribution in [1.29, 1.82) is 0 Å². The fourth-order valence-electron chi connectivity index (χ4n) is 1.05. The monoisotopic (exact) mass is 227 g/mol. The third-order valence-corrected chi connectivity index (χ3v) is 2.10. The Bertz CT molecular complexity index is 404. The van der Waals surface area contributed by atoms with Crippen LogP contribution in [0.15, 0.2) is 12.1 Å². The van der Waals surface area contributed by atoms with Crippen LogP contribution in [0.25, 0.3) is 0 Å². The summed E-state index contributed by atoms with van der Waals surface area (Å²) < 4.78 is 4.51. The van der Waals surface area contributed by atoms with Crippen LogP contribution in [0.2, 0.25) is 0 Å². The zero-order valence-electron chi connectivity index (χ0n) is 8.41. The van der Waals surface area contributed by atoms with Crippen LogP contribution in [0.5, 0.6) is 0 Å². The minimum absolute atomic E-state index is 0.0980. The normalized spacial score (nSPS) is 9.80. The van der Waals surface area contributed by atoms with Crippen molar-refractivity contribution in [2.45, 2.75) is 12.8 Å². The average Bonchev–Trinajstić information content (AvgIpc) is 2.27. The zero-order valence-corrected chi connectivity index (χ0v) is 9.17. The van der Waals surface area contributed by atoms with E-state index in [4.69, 9.17) is 11.6 Å². The Kier molecular flexibility index (Phi) is 3.80. The molecular formula is C10H10ClNO3. The molecule has 0 aliphatic rings. The molecule has 1 aromatic rings. The van der Waals surface area contributed by atoms with E-state index in [1.165, 1.54) is 20.1 Å².